The maximum absolute atomic E-state index is 11.5. The van der Waals surface area contributed by atoms with Gasteiger partial charge in [-0.2, -0.15) is 26.3 Å². The minimum atomic E-state index is -4.19. The average molecular weight is 244 g/mol. The predicted molar refractivity (Wildman–Crippen MR) is 27.8 cm³/mol. The van der Waals surface area contributed by atoms with E-state index in [0.717, 1.165) is 0 Å². The van der Waals surface area contributed by atoms with Crippen LogP contribution in [0.1, 0.15) is 0 Å². The summed E-state index contributed by atoms with van der Waals surface area (Å²) in [6.45, 7) is 0. The van der Waals surface area contributed by atoms with E-state index in [0.29, 0.717) is 0 Å². The fourth-order valence-electron chi connectivity index (χ4n) is 0.310. The summed E-state index contributed by atoms with van der Waals surface area (Å²) in [6.07, 6.45) is -10.0. The molecule has 0 amide bonds. The minimum Gasteiger partial charge on any atom is -0.367 e. The smallest absolute Gasteiger partial charge is 0.367 e. The van der Waals surface area contributed by atoms with E-state index >= 15 is 0 Å². The van der Waals surface area contributed by atoms with Crippen LogP contribution < -0.4 is 0 Å². The molecule has 88 valence electrons. The third-order valence-corrected chi connectivity index (χ3v) is 0.714. The Hall–Kier alpha value is -1.48. The molecule has 0 spiro atoms. The standard InChI is InChI=1S/C3F4O2.C2F4/c4-1-2(5)9-3(6,7)8-1;3-1(4)2(5)6. The van der Waals surface area contributed by atoms with Crippen LogP contribution in [0.15, 0.2) is 24.2 Å². The quantitative estimate of drug-likeness (QED) is 0.605. The van der Waals surface area contributed by atoms with Gasteiger partial charge in [0, 0.05) is 0 Å². The van der Waals surface area contributed by atoms with Crippen LogP contribution in [-0.2, 0) is 9.47 Å². The molecule has 0 aromatic rings. The Morgan fingerprint density at radius 1 is 0.800 bits per heavy atom. The molecule has 2 nitrogen and oxygen atoms in total. The molecule has 1 aliphatic heterocycles. The van der Waals surface area contributed by atoms with Crippen LogP contribution in [0.3, 0.4) is 0 Å². The Morgan fingerprint density at radius 2 is 1.07 bits per heavy atom. The Labute approximate surface area is 76.4 Å². The van der Waals surface area contributed by atoms with Gasteiger partial charge < -0.3 is 9.47 Å². The van der Waals surface area contributed by atoms with E-state index in [1.165, 1.54) is 0 Å². The lowest BCUT2D eigenvalue weighted by atomic mass is 11.0. The van der Waals surface area contributed by atoms with Gasteiger partial charge in [-0.3, -0.25) is 0 Å². The lowest BCUT2D eigenvalue weighted by Crippen LogP contribution is -2.15. The van der Waals surface area contributed by atoms with E-state index in [1.54, 1.807) is 0 Å². The second kappa shape index (κ2) is 4.84. The van der Waals surface area contributed by atoms with Crippen LogP contribution in [0.2, 0.25) is 0 Å². The van der Waals surface area contributed by atoms with Gasteiger partial charge in [-0.15, -0.1) is 8.78 Å². The number of hydrogen-bond donors (Lipinski definition) is 0. The van der Waals surface area contributed by atoms with Crippen molar-refractivity contribution in [2.45, 2.75) is 6.29 Å². The summed E-state index contributed by atoms with van der Waals surface area (Å²) in [5.74, 6) is 0. The molecule has 0 radical (unpaired) electrons. The molecule has 15 heavy (non-hydrogen) atoms. The molecule has 1 rings (SSSR count). The molecule has 1 aliphatic rings. The van der Waals surface area contributed by atoms with Gasteiger partial charge in [0.15, 0.2) is 0 Å². The van der Waals surface area contributed by atoms with E-state index in [-0.39, 0.29) is 0 Å². The van der Waals surface area contributed by atoms with Crippen molar-refractivity contribution in [3.8, 4) is 0 Å². The summed E-state index contributed by atoms with van der Waals surface area (Å²) in [4.78, 5) is 0. The van der Waals surface area contributed by atoms with Crippen LogP contribution in [0.4, 0.5) is 35.1 Å². The molecule has 0 saturated heterocycles. The molecule has 0 atom stereocenters. The lowest BCUT2D eigenvalue weighted by molar-refractivity contribution is -0.345. The van der Waals surface area contributed by atoms with Crippen molar-refractivity contribution in [3.05, 3.63) is 24.2 Å². The van der Waals surface area contributed by atoms with Crippen molar-refractivity contribution >= 4 is 0 Å². The van der Waals surface area contributed by atoms with Gasteiger partial charge in [0.1, 0.15) is 0 Å². The zero-order chi connectivity index (χ0) is 12.2. The topological polar surface area (TPSA) is 18.5 Å². The highest BCUT2D eigenvalue weighted by molar-refractivity contribution is 4.88. The second-order valence-corrected chi connectivity index (χ2v) is 1.74. The molecule has 0 saturated carbocycles. The van der Waals surface area contributed by atoms with Crippen molar-refractivity contribution in [3.63, 3.8) is 0 Å². The first-order valence-corrected chi connectivity index (χ1v) is 2.83. The molecular formula is C5F8O2. The van der Waals surface area contributed by atoms with Crippen LogP contribution in [0, 0.1) is 0 Å². The van der Waals surface area contributed by atoms with Gasteiger partial charge in [-0.1, -0.05) is 0 Å². The first kappa shape index (κ1) is 13.5. The largest absolute Gasteiger partial charge is 0.589 e. The molecule has 10 heteroatoms. The zero-order valence-corrected chi connectivity index (χ0v) is 6.34. The van der Waals surface area contributed by atoms with Gasteiger partial charge >= 0.3 is 30.5 Å². The van der Waals surface area contributed by atoms with Crippen molar-refractivity contribution in [2.75, 3.05) is 0 Å². The second-order valence-electron chi connectivity index (χ2n) is 1.74. The summed E-state index contributed by atoms with van der Waals surface area (Å²) >= 11 is 0. The van der Waals surface area contributed by atoms with Gasteiger partial charge in [-0.25, -0.2) is 0 Å². The van der Waals surface area contributed by atoms with Crippen molar-refractivity contribution in [2.24, 2.45) is 0 Å². The van der Waals surface area contributed by atoms with Gasteiger partial charge in [0.2, 0.25) is 0 Å². The minimum absolute atomic E-state index is 2.03. The highest BCUT2D eigenvalue weighted by Crippen LogP contribution is 2.34. The summed E-state index contributed by atoms with van der Waals surface area (Å²) in [7, 11) is 0. The van der Waals surface area contributed by atoms with E-state index in [9.17, 15) is 35.1 Å². The molecule has 0 aromatic carbocycles. The zero-order valence-electron chi connectivity index (χ0n) is 6.34. The Morgan fingerprint density at radius 3 is 1.13 bits per heavy atom. The highest BCUT2D eigenvalue weighted by atomic mass is 19.3. The van der Waals surface area contributed by atoms with Crippen LogP contribution >= 0.6 is 0 Å². The van der Waals surface area contributed by atoms with Crippen molar-refractivity contribution < 1.29 is 44.6 Å². The van der Waals surface area contributed by atoms with E-state index in [2.05, 4.69) is 9.47 Å². The number of hydrogen-bond acceptors (Lipinski definition) is 2. The predicted octanol–water partition coefficient (Wildman–Crippen LogP) is 3.64. The summed E-state index contributed by atoms with van der Waals surface area (Å²) in [5, 5.41) is 0. The Kier molecular flexibility index (Phi) is 4.37. The fourth-order valence-corrected chi connectivity index (χ4v) is 0.310. The monoisotopic (exact) mass is 244 g/mol. The van der Waals surface area contributed by atoms with Crippen LogP contribution in [-0.4, -0.2) is 6.29 Å². The van der Waals surface area contributed by atoms with Crippen LogP contribution in [0.25, 0.3) is 0 Å². The van der Waals surface area contributed by atoms with Crippen LogP contribution in [0.5, 0.6) is 0 Å². The number of halogens is 8. The van der Waals surface area contributed by atoms with Gasteiger partial charge in [0.05, 0.1) is 0 Å². The lowest BCUT2D eigenvalue weighted by Gasteiger charge is -2.03. The molecular weight excluding hydrogens is 244 g/mol. The number of rotatable bonds is 0. The summed E-state index contributed by atoms with van der Waals surface area (Å²) in [6, 6.07) is -4.06. The third kappa shape index (κ3) is 5.08. The molecule has 0 N–H and O–H groups in total. The molecule has 0 bridgehead atoms. The normalized spacial score (nSPS) is 17.3. The average Bonchev–Trinajstić information content (AvgIpc) is 2.24. The molecule has 1 heterocycles. The Balaban J connectivity index is 0.000000288. The highest BCUT2D eigenvalue weighted by Gasteiger charge is 2.46. The van der Waals surface area contributed by atoms with Gasteiger partial charge in [0.25, 0.3) is 0 Å². The maximum atomic E-state index is 11.5. The van der Waals surface area contributed by atoms with E-state index < -0.39 is 30.5 Å². The molecule has 0 aliphatic carbocycles. The van der Waals surface area contributed by atoms with Gasteiger partial charge in [-0.05, 0) is 0 Å². The summed E-state index contributed by atoms with van der Waals surface area (Å²) < 4.78 is 93.0. The fraction of sp³-hybridized carbons (Fsp3) is 0.200. The molecule has 0 fully saturated rings. The maximum Gasteiger partial charge on any atom is 0.589 e. The number of alkyl halides is 2. The third-order valence-electron chi connectivity index (χ3n) is 0.714. The van der Waals surface area contributed by atoms with E-state index in [4.69, 9.17) is 0 Å². The summed E-state index contributed by atoms with van der Waals surface area (Å²) in [5.41, 5.74) is 0. The Bertz CT molecular complexity index is 261. The first-order chi connectivity index (χ1) is 6.65. The molecule has 0 aromatic heterocycles. The van der Waals surface area contributed by atoms with Crippen molar-refractivity contribution in [1.29, 1.82) is 0 Å². The SMILES string of the molecule is FC(F)=C(F)F.FC1=C(F)OC(F)(F)O1. The number of ether oxygens (including phenoxy) is 2. The first-order valence-electron chi connectivity index (χ1n) is 2.83. The van der Waals surface area contributed by atoms with Crippen molar-refractivity contribution in [1.82, 2.24) is 0 Å². The van der Waals surface area contributed by atoms with E-state index in [1.807, 2.05) is 0 Å². The molecule has 0 unspecified atom stereocenters.